The van der Waals surface area contributed by atoms with Crippen molar-refractivity contribution >= 4 is 29.3 Å². The van der Waals surface area contributed by atoms with Gasteiger partial charge < -0.3 is 0 Å². The number of nitrogens with one attached hydrogen (secondary N) is 2. The van der Waals surface area contributed by atoms with E-state index in [1.165, 1.54) is 6.20 Å². The highest BCUT2D eigenvalue weighted by Gasteiger charge is 2.21. The molecule has 1 aromatic heterocycles. The van der Waals surface area contributed by atoms with Crippen LogP contribution in [0.1, 0.15) is 43.1 Å². The Morgan fingerprint density at radius 2 is 1.96 bits per heavy atom. The van der Waals surface area contributed by atoms with Crippen LogP contribution >= 0.6 is 0 Å². The van der Waals surface area contributed by atoms with E-state index in [0.29, 0.717) is 22.5 Å². The van der Waals surface area contributed by atoms with Gasteiger partial charge in [-0.05, 0) is 18.6 Å². The Balaban J connectivity index is 1.96. The molecule has 1 heterocycles. The van der Waals surface area contributed by atoms with E-state index in [9.17, 15) is 19.6 Å². The Kier molecular flexibility index (Phi) is 7.63. The lowest BCUT2D eigenvalue weighted by molar-refractivity contribution is -0.154. The topological polar surface area (TPSA) is 125 Å². The van der Waals surface area contributed by atoms with Gasteiger partial charge >= 0.3 is 0 Å². The first-order valence-corrected chi connectivity index (χ1v) is 8.78. The Labute approximate surface area is 156 Å². The third kappa shape index (κ3) is 6.00. The number of aromatic nitrogens is 2. The lowest BCUT2D eigenvalue weighted by Crippen LogP contribution is -2.47. The van der Waals surface area contributed by atoms with Crippen molar-refractivity contribution in [3.8, 4) is 0 Å². The number of para-hydroxylation sites is 2. The van der Waals surface area contributed by atoms with Gasteiger partial charge in [0.1, 0.15) is 5.69 Å². The number of hydrogen-bond acceptors (Lipinski definition) is 6. The first kappa shape index (κ1) is 20.2. The van der Waals surface area contributed by atoms with E-state index in [1.54, 1.807) is 18.2 Å². The fraction of sp³-hybridized carbons (Fsp3) is 0.389. The van der Waals surface area contributed by atoms with Crippen LogP contribution < -0.4 is 10.9 Å². The Hall–Kier alpha value is -3.07. The number of amides is 3. The van der Waals surface area contributed by atoms with E-state index >= 15 is 0 Å². The number of nitrogens with zero attached hydrogens (tertiary/aromatic N) is 3. The lowest BCUT2D eigenvalue weighted by atomic mass is 10.0. The Morgan fingerprint density at radius 1 is 1.22 bits per heavy atom. The van der Waals surface area contributed by atoms with E-state index in [0.717, 1.165) is 19.3 Å². The summed E-state index contributed by atoms with van der Waals surface area (Å²) < 4.78 is 0. The van der Waals surface area contributed by atoms with Gasteiger partial charge in [0.15, 0.2) is 0 Å². The number of hydrogen-bond donors (Lipinski definition) is 3. The zero-order valence-corrected chi connectivity index (χ0v) is 15.1. The minimum absolute atomic E-state index is 0.0632. The van der Waals surface area contributed by atoms with Crippen LogP contribution in [0.25, 0.3) is 11.0 Å². The number of unbranched alkanes of at least 4 members (excludes halogenated alkanes) is 2. The molecule has 3 amide bonds. The van der Waals surface area contributed by atoms with E-state index in [2.05, 4.69) is 20.8 Å². The van der Waals surface area contributed by atoms with Crippen molar-refractivity contribution in [1.82, 2.24) is 25.9 Å². The van der Waals surface area contributed by atoms with Crippen LogP contribution in [0.15, 0.2) is 30.5 Å². The van der Waals surface area contributed by atoms with Crippen molar-refractivity contribution < 1.29 is 19.6 Å². The summed E-state index contributed by atoms with van der Waals surface area (Å²) in [6.07, 6.45) is 4.72. The summed E-state index contributed by atoms with van der Waals surface area (Å²) in [5.41, 5.74) is 5.91. The highest BCUT2D eigenvalue weighted by molar-refractivity contribution is 5.95. The summed E-state index contributed by atoms with van der Waals surface area (Å²) in [6, 6.07) is 7.12. The van der Waals surface area contributed by atoms with Crippen molar-refractivity contribution in [2.24, 2.45) is 5.92 Å². The fourth-order valence-corrected chi connectivity index (χ4v) is 2.57. The molecular weight excluding hydrogens is 350 g/mol. The van der Waals surface area contributed by atoms with Gasteiger partial charge in [-0.3, -0.25) is 35.4 Å². The molecule has 0 aliphatic heterocycles. The third-order valence-corrected chi connectivity index (χ3v) is 4.04. The van der Waals surface area contributed by atoms with Crippen molar-refractivity contribution in [3.63, 3.8) is 0 Å². The SMILES string of the molecule is CCCCC[C@H](CN(O)C=O)C(=O)NNC(=O)c1cnc2ccccc2n1. The Morgan fingerprint density at radius 3 is 2.67 bits per heavy atom. The molecular formula is C18H23N5O4. The average Bonchev–Trinajstić information content (AvgIpc) is 2.70. The summed E-state index contributed by atoms with van der Waals surface area (Å²) in [5.74, 6) is -1.74. The van der Waals surface area contributed by atoms with Gasteiger partial charge in [-0.25, -0.2) is 10.0 Å². The molecule has 0 fully saturated rings. The summed E-state index contributed by atoms with van der Waals surface area (Å²) in [5, 5.41) is 9.79. The van der Waals surface area contributed by atoms with Crippen molar-refractivity contribution in [1.29, 1.82) is 0 Å². The molecule has 0 saturated heterocycles. The number of benzene rings is 1. The fourth-order valence-electron chi connectivity index (χ4n) is 2.57. The minimum Gasteiger partial charge on any atom is -0.286 e. The molecule has 3 N–H and O–H groups in total. The van der Waals surface area contributed by atoms with Gasteiger partial charge in [-0.1, -0.05) is 38.3 Å². The summed E-state index contributed by atoms with van der Waals surface area (Å²) in [4.78, 5) is 43.5. The zero-order valence-electron chi connectivity index (χ0n) is 15.1. The van der Waals surface area contributed by atoms with Gasteiger partial charge in [0, 0.05) is 0 Å². The summed E-state index contributed by atoms with van der Waals surface area (Å²) in [6.45, 7) is 1.88. The van der Waals surface area contributed by atoms with Crippen LogP contribution in [0.3, 0.4) is 0 Å². The number of carbonyl (C=O) groups is 3. The number of hydrazine groups is 1. The van der Waals surface area contributed by atoms with E-state index in [4.69, 9.17) is 0 Å². The maximum Gasteiger partial charge on any atom is 0.289 e. The monoisotopic (exact) mass is 373 g/mol. The lowest BCUT2D eigenvalue weighted by Gasteiger charge is -2.19. The van der Waals surface area contributed by atoms with Gasteiger partial charge in [-0.15, -0.1) is 0 Å². The van der Waals surface area contributed by atoms with Crippen LogP contribution in [0.5, 0.6) is 0 Å². The normalized spacial score (nSPS) is 11.6. The van der Waals surface area contributed by atoms with Crippen molar-refractivity contribution in [2.75, 3.05) is 6.54 Å². The molecule has 27 heavy (non-hydrogen) atoms. The highest BCUT2D eigenvalue weighted by atomic mass is 16.5. The molecule has 1 aromatic carbocycles. The molecule has 9 heteroatoms. The second kappa shape index (κ2) is 10.2. The minimum atomic E-state index is -0.644. The van der Waals surface area contributed by atoms with Gasteiger partial charge in [0.05, 0.1) is 29.7 Å². The summed E-state index contributed by atoms with van der Waals surface area (Å²) in [7, 11) is 0. The molecule has 0 aliphatic carbocycles. The van der Waals surface area contributed by atoms with Crippen molar-refractivity contribution in [2.45, 2.75) is 32.6 Å². The maximum absolute atomic E-state index is 12.3. The van der Waals surface area contributed by atoms with E-state index in [-0.39, 0.29) is 18.6 Å². The molecule has 144 valence electrons. The standard InChI is InChI=1S/C18H23N5O4/c1-2-3-4-7-13(11-23(27)12-24)17(25)21-22-18(26)16-10-19-14-8-5-6-9-15(14)20-16/h5-6,8-10,12-13,27H,2-4,7,11H2,1H3,(H,21,25)(H,22,26)/t13-/m1/s1. The average molecular weight is 373 g/mol. The maximum atomic E-state index is 12.3. The molecule has 0 spiro atoms. The van der Waals surface area contributed by atoms with Gasteiger partial charge in [0.2, 0.25) is 12.3 Å². The second-order valence-electron chi connectivity index (χ2n) is 6.11. The quantitative estimate of drug-likeness (QED) is 0.264. The number of carbonyl (C=O) groups excluding carboxylic acids is 3. The molecule has 9 nitrogen and oxygen atoms in total. The molecule has 0 saturated carbocycles. The van der Waals surface area contributed by atoms with Crippen LogP contribution in [0.2, 0.25) is 0 Å². The molecule has 2 aromatic rings. The van der Waals surface area contributed by atoms with Crippen molar-refractivity contribution in [3.05, 3.63) is 36.2 Å². The van der Waals surface area contributed by atoms with Crippen LogP contribution in [-0.2, 0) is 9.59 Å². The molecule has 0 unspecified atom stereocenters. The first-order chi connectivity index (χ1) is 13.0. The van der Waals surface area contributed by atoms with E-state index < -0.39 is 17.7 Å². The first-order valence-electron chi connectivity index (χ1n) is 8.78. The molecule has 0 bridgehead atoms. The molecule has 0 radical (unpaired) electrons. The zero-order chi connectivity index (χ0) is 19.6. The predicted octanol–water partition coefficient (Wildman–Crippen LogP) is 1.43. The van der Waals surface area contributed by atoms with Gasteiger partial charge in [0.25, 0.3) is 5.91 Å². The Bertz CT molecular complexity index is 798. The van der Waals surface area contributed by atoms with Crippen LogP contribution in [-0.4, -0.2) is 45.0 Å². The second-order valence-corrected chi connectivity index (χ2v) is 6.11. The third-order valence-electron chi connectivity index (χ3n) is 4.04. The largest absolute Gasteiger partial charge is 0.289 e. The van der Waals surface area contributed by atoms with E-state index in [1.807, 2.05) is 13.0 Å². The molecule has 0 aliphatic rings. The van der Waals surface area contributed by atoms with Gasteiger partial charge in [-0.2, -0.15) is 0 Å². The number of fused-ring (bicyclic) bond motifs is 1. The van der Waals surface area contributed by atoms with Crippen LogP contribution in [0, 0.1) is 5.92 Å². The predicted molar refractivity (Wildman–Crippen MR) is 97.3 cm³/mol. The number of rotatable bonds is 9. The molecule has 1 atom stereocenters. The van der Waals surface area contributed by atoms with Crippen LogP contribution in [0.4, 0.5) is 0 Å². The highest BCUT2D eigenvalue weighted by Crippen LogP contribution is 2.11. The molecule has 2 rings (SSSR count). The number of hydroxylamine groups is 2. The summed E-state index contributed by atoms with van der Waals surface area (Å²) >= 11 is 0. The smallest absolute Gasteiger partial charge is 0.286 e.